The minimum absolute atomic E-state index is 0.0712. The van der Waals surface area contributed by atoms with Gasteiger partial charge < -0.3 is 14.2 Å². The van der Waals surface area contributed by atoms with Crippen LogP contribution in [0.2, 0.25) is 0 Å². The zero-order valence-corrected chi connectivity index (χ0v) is 15.5. The predicted octanol–water partition coefficient (Wildman–Crippen LogP) is 3.97. The largest absolute Gasteiger partial charge is 0.465 e. The quantitative estimate of drug-likeness (QED) is 0.326. The molecule has 0 aromatic heterocycles. The van der Waals surface area contributed by atoms with Gasteiger partial charge in [0.15, 0.2) is 0 Å². The third-order valence-electron chi connectivity index (χ3n) is 4.65. The summed E-state index contributed by atoms with van der Waals surface area (Å²) in [5.41, 5.74) is 3.39. The van der Waals surface area contributed by atoms with Gasteiger partial charge in [-0.15, -0.1) is 0 Å². The number of hydrogen-bond donors (Lipinski definition) is 0. The molecule has 0 unspecified atom stereocenters. The van der Waals surface area contributed by atoms with Crippen molar-refractivity contribution in [3.63, 3.8) is 0 Å². The first-order valence-corrected chi connectivity index (χ1v) is 8.46. The fourth-order valence-corrected chi connectivity index (χ4v) is 3.17. The van der Waals surface area contributed by atoms with Gasteiger partial charge in [-0.05, 0) is 50.2 Å². The molecule has 0 aromatic rings. The van der Waals surface area contributed by atoms with Gasteiger partial charge in [-0.1, -0.05) is 25.5 Å². The average Bonchev–Trinajstić information content (AvgIpc) is 2.86. The van der Waals surface area contributed by atoms with Gasteiger partial charge in [0.05, 0.1) is 12.7 Å². The molecule has 1 aliphatic heterocycles. The van der Waals surface area contributed by atoms with Crippen molar-refractivity contribution in [1.29, 1.82) is 0 Å². The summed E-state index contributed by atoms with van der Waals surface area (Å²) in [6.07, 6.45) is 9.05. The van der Waals surface area contributed by atoms with Crippen LogP contribution in [0.15, 0.2) is 46.8 Å². The lowest BCUT2D eigenvalue weighted by Crippen LogP contribution is -2.19. The number of methoxy groups -OCH3 is 1. The highest BCUT2D eigenvalue weighted by Crippen LogP contribution is 2.40. The number of carbonyl (C=O) groups excluding carboxylic acids is 2. The summed E-state index contributed by atoms with van der Waals surface area (Å²) in [6, 6.07) is 0. The lowest BCUT2D eigenvalue weighted by molar-refractivity contribution is -0.152. The number of allylic oxidation sites excluding steroid dienone is 3. The molecule has 2 aliphatic rings. The first-order valence-electron chi connectivity index (χ1n) is 8.46. The molecule has 0 aromatic carbocycles. The van der Waals surface area contributed by atoms with Crippen molar-refractivity contribution in [3.05, 3.63) is 46.8 Å². The lowest BCUT2D eigenvalue weighted by atomic mass is 9.72. The van der Waals surface area contributed by atoms with Crippen molar-refractivity contribution >= 4 is 11.9 Å². The van der Waals surface area contributed by atoms with E-state index >= 15 is 0 Å². The number of esters is 2. The van der Waals surface area contributed by atoms with E-state index in [9.17, 15) is 9.59 Å². The highest BCUT2D eigenvalue weighted by atomic mass is 16.7. The van der Waals surface area contributed by atoms with Crippen LogP contribution in [0.4, 0.5) is 0 Å². The molecule has 2 rings (SSSR count). The van der Waals surface area contributed by atoms with E-state index in [1.54, 1.807) is 19.1 Å². The van der Waals surface area contributed by atoms with Gasteiger partial charge in [0.2, 0.25) is 0 Å². The van der Waals surface area contributed by atoms with Gasteiger partial charge in [-0.2, -0.15) is 0 Å². The molecule has 5 nitrogen and oxygen atoms in total. The van der Waals surface area contributed by atoms with Crippen molar-refractivity contribution < 1.29 is 23.8 Å². The second-order valence-corrected chi connectivity index (χ2v) is 7.09. The first-order chi connectivity index (χ1) is 11.7. The first kappa shape index (κ1) is 19.0. The Morgan fingerprint density at radius 2 is 2.08 bits per heavy atom. The van der Waals surface area contributed by atoms with E-state index in [0.717, 1.165) is 12.8 Å². The van der Waals surface area contributed by atoms with Gasteiger partial charge in [-0.25, -0.2) is 9.59 Å². The molecule has 25 heavy (non-hydrogen) atoms. The molecule has 0 saturated heterocycles. The molecule has 0 radical (unpaired) electrons. The van der Waals surface area contributed by atoms with E-state index in [-0.39, 0.29) is 11.0 Å². The molecule has 1 heterocycles. The number of rotatable bonds is 5. The Bertz CT molecular complexity index is 676. The maximum atomic E-state index is 12.0. The van der Waals surface area contributed by atoms with Crippen molar-refractivity contribution in [2.24, 2.45) is 5.41 Å². The van der Waals surface area contributed by atoms with E-state index in [4.69, 9.17) is 14.2 Å². The van der Waals surface area contributed by atoms with Crippen LogP contribution in [0.1, 0.15) is 47.0 Å². The van der Waals surface area contributed by atoms with E-state index in [1.165, 1.54) is 30.9 Å². The molecule has 0 saturated carbocycles. The van der Waals surface area contributed by atoms with Gasteiger partial charge in [0.25, 0.3) is 6.29 Å². The molecule has 136 valence electrons. The lowest BCUT2D eigenvalue weighted by Gasteiger charge is -2.32. The third-order valence-corrected chi connectivity index (χ3v) is 4.65. The fraction of sp³-hybridized carbons (Fsp3) is 0.500. The smallest absolute Gasteiger partial charge is 0.340 e. The van der Waals surface area contributed by atoms with Crippen LogP contribution in [-0.2, 0) is 23.8 Å². The molecular weight excluding hydrogens is 320 g/mol. The molecule has 0 bridgehead atoms. The van der Waals surface area contributed by atoms with Crippen molar-refractivity contribution in [1.82, 2.24) is 0 Å². The van der Waals surface area contributed by atoms with Crippen LogP contribution in [0, 0.1) is 5.41 Å². The number of ether oxygens (including phenoxy) is 3. The summed E-state index contributed by atoms with van der Waals surface area (Å²) in [6.45, 7) is 8.19. The third kappa shape index (κ3) is 4.62. The van der Waals surface area contributed by atoms with E-state index in [0.29, 0.717) is 5.57 Å². The van der Waals surface area contributed by atoms with Gasteiger partial charge in [0.1, 0.15) is 6.26 Å². The second-order valence-electron chi connectivity index (χ2n) is 7.09. The Morgan fingerprint density at radius 1 is 1.36 bits per heavy atom. The Balaban J connectivity index is 2.19. The molecule has 0 spiro atoms. The summed E-state index contributed by atoms with van der Waals surface area (Å²) in [5, 5.41) is 0. The molecule has 0 fully saturated rings. The molecular formula is C20H26O5. The molecule has 1 atom stereocenters. The number of cyclic esters (lactones) is 1. The van der Waals surface area contributed by atoms with E-state index in [2.05, 4.69) is 20.8 Å². The topological polar surface area (TPSA) is 61.8 Å². The predicted molar refractivity (Wildman–Crippen MR) is 94.3 cm³/mol. The maximum Gasteiger partial charge on any atom is 0.340 e. The van der Waals surface area contributed by atoms with Gasteiger partial charge in [-0.3, -0.25) is 0 Å². The van der Waals surface area contributed by atoms with Crippen molar-refractivity contribution in [3.8, 4) is 0 Å². The Kier molecular flexibility index (Phi) is 5.88. The fourth-order valence-electron chi connectivity index (χ4n) is 3.17. The molecule has 0 amide bonds. The van der Waals surface area contributed by atoms with E-state index in [1.807, 2.05) is 6.08 Å². The summed E-state index contributed by atoms with van der Waals surface area (Å²) < 4.78 is 15.2. The Hall–Kier alpha value is -2.30. The summed E-state index contributed by atoms with van der Waals surface area (Å²) >= 11 is 0. The molecule has 5 heteroatoms. The minimum atomic E-state index is -0.812. The van der Waals surface area contributed by atoms with Crippen LogP contribution in [0.25, 0.3) is 0 Å². The van der Waals surface area contributed by atoms with Gasteiger partial charge >= 0.3 is 11.9 Å². The van der Waals surface area contributed by atoms with Crippen molar-refractivity contribution in [2.75, 3.05) is 7.11 Å². The molecule has 0 N–H and O–H groups in total. The Morgan fingerprint density at radius 3 is 2.64 bits per heavy atom. The SMILES string of the molecule is COC(=O)C(/C=C/C1=C(C)CCCC1(C)C)=C/O[C@H]1C=C(C)C(=O)O1. The summed E-state index contributed by atoms with van der Waals surface area (Å²) in [4.78, 5) is 23.4. The highest BCUT2D eigenvalue weighted by molar-refractivity contribution is 5.91. The zero-order chi connectivity index (χ0) is 18.6. The Labute approximate surface area is 149 Å². The molecule has 1 aliphatic carbocycles. The standard InChI is InChI=1S/C20H26O5/c1-13-7-6-10-20(3,4)16(13)9-8-15(19(22)23-5)12-24-17-11-14(2)18(21)25-17/h8-9,11-12,17H,6-7,10H2,1-5H3/b9-8+,15-12+/t17-/m1/s1. The summed E-state index contributed by atoms with van der Waals surface area (Å²) in [5.74, 6) is -0.925. The van der Waals surface area contributed by atoms with E-state index < -0.39 is 18.2 Å². The normalized spacial score (nSPS) is 23.6. The maximum absolute atomic E-state index is 12.0. The summed E-state index contributed by atoms with van der Waals surface area (Å²) in [7, 11) is 1.32. The zero-order valence-electron chi connectivity index (χ0n) is 15.5. The highest BCUT2D eigenvalue weighted by Gasteiger charge is 2.27. The van der Waals surface area contributed by atoms with Crippen molar-refractivity contribution in [2.45, 2.75) is 53.2 Å². The van der Waals surface area contributed by atoms with Crippen LogP contribution in [-0.4, -0.2) is 25.3 Å². The monoisotopic (exact) mass is 346 g/mol. The minimum Gasteiger partial charge on any atom is -0.465 e. The second kappa shape index (κ2) is 7.72. The van der Waals surface area contributed by atoms with Gasteiger partial charge in [0, 0.05) is 11.6 Å². The van der Waals surface area contributed by atoms with Crippen LogP contribution >= 0.6 is 0 Å². The number of carbonyl (C=O) groups is 2. The van der Waals surface area contributed by atoms with Crippen LogP contribution in [0.3, 0.4) is 0 Å². The average molecular weight is 346 g/mol. The van der Waals surface area contributed by atoms with Crippen LogP contribution in [0.5, 0.6) is 0 Å². The number of hydrogen-bond acceptors (Lipinski definition) is 5. The van der Waals surface area contributed by atoms with Crippen LogP contribution < -0.4 is 0 Å².